The highest BCUT2D eigenvalue weighted by Crippen LogP contribution is 2.43. The van der Waals surface area contributed by atoms with E-state index in [1.807, 2.05) is 0 Å². The molecule has 0 saturated heterocycles. The van der Waals surface area contributed by atoms with Gasteiger partial charge in [-0.15, -0.1) is 0 Å². The molecule has 1 atom stereocenters. The number of carbonyl (C=O) groups is 1. The van der Waals surface area contributed by atoms with Gasteiger partial charge in [0.2, 0.25) is 0 Å². The Morgan fingerprint density at radius 2 is 2.33 bits per heavy atom. The first-order valence-corrected chi connectivity index (χ1v) is 4.84. The van der Waals surface area contributed by atoms with Crippen LogP contribution in [0.2, 0.25) is 0 Å². The van der Waals surface area contributed by atoms with Crippen LogP contribution >= 0.6 is 0 Å². The van der Waals surface area contributed by atoms with E-state index in [2.05, 4.69) is 4.98 Å². The lowest BCUT2D eigenvalue weighted by Crippen LogP contribution is -2.47. The maximum Gasteiger partial charge on any atom is 0.348 e. The fraction of sp³-hybridized carbons (Fsp3) is 0.500. The Morgan fingerprint density at radius 1 is 1.67 bits per heavy atom. The van der Waals surface area contributed by atoms with Crippen LogP contribution in [-0.4, -0.2) is 20.6 Å². The zero-order valence-electron chi connectivity index (χ0n) is 8.38. The van der Waals surface area contributed by atoms with Crippen molar-refractivity contribution < 1.29 is 9.90 Å². The minimum absolute atomic E-state index is 0.0388. The summed E-state index contributed by atoms with van der Waals surface area (Å²) >= 11 is 0. The molecule has 1 aromatic heterocycles. The largest absolute Gasteiger partial charge is 0.479 e. The van der Waals surface area contributed by atoms with E-state index in [1.54, 1.807) is 13.0 Å². The number of carboxylic acid groups (broad SMARTS) is 1. The summed E-state index contributed by atoms with van der Waals surface area (Å²) < 4.78 is 1.22. The Kier molecular flexibility index (Phi) is 2.10. The first-order chi connectivity index (χ1) is 7.06. The lowest BCUT2D eigenvalue weighted by atomic mass is 9.95. The topological polar surface area (TPSA) is 72.2 Å². The predicted octanol–water partition coefficient (Wildman–Crippen LogP) is 0.453. The van der Waals surface area contributed by atoms with Crippen LogP contribution in [0, 0.1) is 5.92 Å². The standard InChI is InChI=1S/C10H12N2O3/c1-10(8(13)14,7-3-4-7)12-6-2-5-11-9(12)15/h2,5-7H,3-4H2,1H3,(H,13,14). The molecule has 5 nitrogen and oxygen atoms in total. The van der Waals surface area contributed by atoms with Crippen LogP contribution in [0.15, 0.2) is 23.3 Å². The van der Waals surface area contributed by atoms with Crippen molar-refractivity contribution in [3.05, 3.63) is 28.9 Å². The first-order valence-electron chi connectivity index (χ1n) is 4.84. The third kappa shape index (κ3) is 1.44. The Hall–Kier alpha value is -1.65. The predicted molar refractivity (Wildman–Crippen MR) is 52.5 cm³/mol. The number of aliphatic carboxylic acids is 1. The van der Waals surface area contributed by atoms with Gasteiger partial charge in [-0.2, -0.15) is 0 Å². The second-order valence-corrected chi connectivity index (χ2v) is 4.00. The van der Waals surface area contributed by atoms with Crippen molar-refractivity contribution in [3.8, 4) is 0 Å². The van der Waals surface area contributed by atoms with E-state index in [0.29, 0.717) is 0 Å². The van der Waals surface area contributed by atoms with Gasteiger partial charge in [-0.05, 0) is 31.7 Å². The van der Waals surface area contributed by atoms with Crippen LogP contribution in [0.5, 0.6) is 0 Å². The van der Waals surface area contributed by atoms with Crippen LogP contribution in [-0.2, 0) is 10.3 Å². The smallest absolute Gasteiger partial charge is 0.348 e. The molecule has 2 rings (SSSR count). The van der Waals surface area contributed by atoms with E-state index in [9.17, 15) is 14.7 Å². The van der Waals surface area contributed by atoms with Gasteiger partial charge >= 0.3 is 11.7 Å². The summed E-state index contributed by atoms with van der Waals surface area (Å²) in [6.45, 7) is 1.58. The average molecular weight is 208 g/mol. The van der Waals surface area contributed by atoms with E-state index in [4.69, 9.17) is 0 Å². The van der Waals surface area contributed by atoms with Crippen molar-refractivity contribution in [2.75, 3.05) is 0 Å². The van der Waals surface area contributed by atoms with E-state index >= 15 is 0 Å². The molecule has 0 spiro atoms. The molecular formula is C10H12N2O3. The monoisotopic (exact) mass is 208 g/mol. The Bertz CT molecular complexity index is 450. The fourth-order valence-corrected chi connectivity index (χ4v) is 1.83. The normalized spacial score (nSPS) is 19.5. The summed E-state index contributed by atoms with van der Waals surface area (Å²) in [6.07, 6.45) is 4.56. The zero-order valence-corrected chi connectivity index (χ0v) is 8.38. The van der Waals surface area contributed by atoms with Crippen molar-refractivity contribution >= 4 is 5.97 Å². The molecule has 15 heavy (non-hydrogen) atoms. The third-order valence-corrected chi connectivity index (χ3v) is 3.02. The second-order valence-electron chi connectivity index (χ2n) is 4.00. The lowest BCUT2D eigenvalue weighted by molar-refractivity contribution is -0.148. The van der Waals surface area contributed by atoms with Gasteiger partial charge in [0.1, 0.15) is 5.54 Å². The summed E-state index contributed by atoms with van der Waals surface area (Å²) in [7, 11) is 0. The van der Waals surface area contributed by atoms with Crippen molar-refractivity contribution in [2.45, 2.75) is 25.3 Å². The molecule has 0 radical (unpaired) electrons. The van der Waals surface area contributed by atoms with Crippen LogP contribution < -0.4 is 5.69 Å². The van der Waals surface area contributed by atoms with Gasteiger partial charge < -0.3 is 5.11 Å². The van der Waals surface area contributed by atoms with Crippen LogP contribution in [0.1, 0.15) is 19.8 Å². The Labute approximate surface area is 86.4 Å². The summed E-state index contributed by atoms with van der Waals surface area (Å²) in [4.78, 5) is 26.3. The molecule has 1 aliphatic carbocycles. The average Bonchev–Trinajstić information content (AvgIpc) is 3.00. The number of aromatic nitrogens is 2. The molecule has 1 aromatic rings. The molecule has 5 heteroatoms. The van der Waals surface area contributed by atoms with E-state index in [1.165, 1.54) is 17.0 Å². The van der Waals surface area contributed by atoms with Gasteiger partial charge in [-0.25, -0.2) is 14.6 Å². The molecule has 1 heterocycles. The minimum atomic E-state index is -1.15. The molecule has 1 N–H and O–H groups in total. The number of hydrogen-bond acceptors (Lipinski definition) is 3. The van der Waals surface area contributed by atoms with Crippen molar-refractivity contribution in [1.82, 2.24) is 9.55 Å². The molecule has 0 amide bonds. The molecule has 0 aromatic carbocycles. The van der Waals surface area contributed by atoms with Crippen LogP contribution in [0.3, 0.4) is 0 Å². The second kappa shape index (κ2) is 3.18. The molecule has 1 saturated carbocycles. The van der Waals surface area contributed by atoms with Gasteiger partial charge in [0.15, 0.2) is 0 Å². The summed E-state index contributed by atoms with van der Waals surface area (Å²) in [5.41, 5.74) is -1.65. The molecule has 1 unspecified atom stereocenters. The SMILES string of the molecule is CC(C(=O)O)(C1CC1)n1cccnc1=O. The molecule has 0 aliphatic heterocycles. The highest BCUT2D eigenvalue weighted by Gasteiger charge is 2.49. The minimum Gasteiger partial charge on any atom is -0.479 e. The van der Waals surface area contributed by atoms with Gasteiger partial charge in [-0.1, -0.05) is 0 Å². The molecular weight excluding hydrogens is 196 g/mol. The van der Waals surface area contributed by atoms with Gasteiger partial charge in [-0.3, -0.25) is 4.57 Å². The molecule has 1 fully saturated rings. The maximum atomic E-state index is 11.5. The number of hydrogen-bond donors (Lipinski definition) is 1. The van der Waals surface area contributed by atoms with E-state index in [-0.39, 0.29) is 5.92 Å². The zero-order chi connectivity index (χ0) is 11.1. The Balaban J connectivity index is 2.55. The Morgan fingerprint density at radius 3 is 2.80 bits per heavy atom. The fourth-order valence-electron chi connectivity index (χ4n) is 1.83. The molecule has 80 valence electrons. The molecule has 0 bridgehead atoms. The third-order valence-electron chi connectivity index (χ3n) is 3.02. The highest BCUT2D eigenvalue weighted by atomic mass is 16.4. The highest BCUT2D eigenvalue weighted by molar-refractivity contribution is 5.77. The number of carboxylic acids is 1. The van der Waals surface area contributed by atoms with Crippen molar-refractivity contribution in [1.29, 1.82) is 0 Å². The quantitative estimate of drug-likeness (QED) is 0.782. The maximum absolute atomic E-state index is 11.5. The van der Waals surface area contributed by atoms with Crippen molar-refractivity contribution in [3.63, 3.8) is 0 Å². The van der Waals surface area contributed by atoms with Gasteiger partial charge in [0, 0.05) is 12.4 Å². The van der Waals surface area contributed by atoms with Gasteiger partial charge in [0.25, 0.3) is 0 Å². The van der Waals surface area contributed by atoms with Gasteiger partial charge in [0.05, 0.1) is 0 Å². The van der Waals surface area contributed by atoms with Crippen LogP contribution in [0.4, 0.5) is 0 Å². The lowest BCUT2D eigenvalue weighted by Gasteiger charge is -2.26. The molecule has 1 aliphatic rings. The summed E-state index contributed by atoms with van der Waals surface area (Å²) in [5, 5.41) is 9.23. The number of nitrogens with zero attached hydrogens (tertiary/aromatic N) is 2. The summed E-state index contributed by atoms with van der Waals surface area (Å²) in [5.74, 6) is -0.933. The first kappa shape index (κ1) is 9.89. The van der Waals surface area contributed by atoms with Crippen molar-refractivity contribution in [2.24, 2.45) is 5.92 Å². The number of rotatable bonds is 3. The van der Waals surface area contributed by atoms with E-state index in [0.717, 1.165) is 12.8 Å². The summed E-state index contributed by atoms with van der Waals surface area (Å²) in [6, 6.07) is 1.57. The van der Waals surface area contributed by atoms with E-state index < -0.39 is 17.2 Å². The van der Waals surface area contributed by atoms with Crippen LogP contribution in [0.25, 0.3) is 0 Å².